The third-order valence-corrected chi connectivity index (χ3v) is 4.15. The van der Waals surface area contributed by atoms with Crippen LogP contribution in [0.15, 0.2) is 18.2 Å². The van der Waals surface area contributed by atoms with E-state index in [1.807, 2.05) is 0 Å². The van der Waals surface area contributed by atoms with E-state index >= 15 is 0 Å². The molecule has 0 aliphatic carbocycles. The molecule has 0 saturated carbocycles. The van der Waals surface area contributed by atoms with Gasteiger partial charge in [0, 0.05) is 6.54 Å². The number of nitrogens with two attached hydrogens (primary N) is 1. The lowest BCUT2D eigenvalue weighted by Crippen LogP contribution is -2.24. The number of nitrogens with zero attached hydrogens (tertiary/aromatic N) is 3. The SMILES string of the molecule is CCc1ccc2c(c1)nc(CN(CC)CC)n2CCCN. The van der Waals surface area contributed by atoms with Gasteiger partial charge in [0.25, 0.3) is 0 Å². The van der Waals surface area contributed by atoms with Crippen LogP contribution in [0.5, 0.6) is 0 Å². The smallest absolute Gasteiger partial charge is 0.124 e. The molecule has 0 saturated heterocycles. The van der Waals surface area contributed by atoms with Gasteiger partial charge in [0.1, 0.15) is 5.82 Å². The maximum Gasteiger partial charge on any atom is 0.124 e. The predicted octanol–water partition coefficient (Wildman–Crippen LogP) is 2.79. The normalized spacial score (nSPS) is 11.7. The van der Waals surface area contributed by atoms with Crippen molar-refractivity contribution in [3.8, 4) is 0 Å². The average molecular weight is 288 g/mol. The summed E-state index contributed by atoms with van der Waals surface area (Å²) in [5.41, 5.74) is 9.40. The van der Waals surface area contributed by atoms with Crippen LogP contribution in [0, 0.1) is 0 Å². The molecule has 4 heteroatoms. The standard InChI is InChI=1S/C17H28N4/c1-4-14-8-9-16-15(12-14)19-17(13-20(5-2)6-3)21(16)11-7-10-18/h8-9,12H,4-7,10-11,13,18H2,1-3H3. The molecule has 0 radical (unpaired) electrons. The summed E-state index contributed by atoms with van der Waals surface area (Å²) < 4.78 is 2.35. The van der Waals surface area contributed by atoms with Crippen LogP contribution in [0.3, 0.4) is 0 Å². The lowest BCUT2D eigenvalue weighted by Gasteiger charge is -2.18. The summed E-state index contributed by atoms with van der Waals surface area (Å²) in [5, 5.41) is 0. The molecular weight excluding hydrogens is 260 g/mol. The highest BCUT2D eigenvalue weighted by Crippen LogP contribution is 2.20. The van der Waals surface area contributed by atoms with Crippen LogP contribution >= 0.6 is 0 Å². The summed E-state index contributed by atoms with van der Waals surface area (Å²) in [6.07, 6.45) is 2.04. The molecule has 0 bridgehead atoms. The average Bonchev–Trinajstić information content (AvgIpc) is 2.86. The molecule has 2 rings (SSSR count). The Labute approximate surface area is 128 Å². The van der Waals surface area contributed by atoms with Gasteiger partial charge < -0.3 is 10.3 Å². The zero-order valence-corrected chi connectivity index (χ0v) is 13.6. The first kappa shape index (κ1) is 16.0. The minimum absolute atomic E-state index is 0.720. The van der Waals surface area contributed by atoms with Crippen molar-refractivity contribution in [2.24, 2.45) is 5.73 Å². The van der Waals surface area contributed by atoms with Crippen LogP contribution < -0.4 is 5.73 Å². The highest BCUT2D eigenvalue weighted by Gasteiger charge is 2.13. The van der Waals surface area contributed by atoms with Crippen molar-refractivity contribution in [3.05, 3.63) is 29.6 Å². The number of benzene rings is 1. The molecule has 0 aliphatic rings. The van der Waals surface area contributed by atoms with E-state index < -0.39 is 0 Å². The topological polar surface area (TPSA) is 47.1 Å². The van der Waals surface area contributed by atoms with Crippen LogP contribution in [0.2, 0.25) is 0 Å². The fourth-order valence-electron chi connectivity index (χ4n) is 2.71. The zero-order chi connectivity index (χ0) is 15.2. The van der Waals surface area contributed by atoms with Gasteiger partial charge in [-0.1, -0.05) is 26.8 Å². The first-order valence-corrected chi connectivity index (χ1v) is 8.13. The van der Waals surface area contributed by atoms with E-state index in [1.54, 1.807) is 0 Å². The van der Waals surface area contributed by atoms with Crippen molar-refractivity contribution < 1.29 is 0 Å². The highest BCUT2D eigenvalue weighted by molar-refractivity contribution is 5.77. The first-order chi connectivity index (χ1) is 10.2. The molecule has 0 unspecified atom stereocenters. The number of rotatable bonds is 8. The molecule has 1 aromatic heterocycles. The van der Waals surface area contributed by atoms with Gasteiger partial charge in [-0.15, -0.1) is 0 Å². The number of aryl methyl sites for hydroxylation is 2. The molecule has 116 valence electrons. The maximum absolute atomic E-state index is 5.69. The van der Waals surface area contributed by atoms with E-state index in [0.717, 1.165) is 56.9 Å². The van der Waals surface area contributed by atoms with Crippen molar-refractivity contribution >= 4 is 11.0 Å². The molecule has 1 aromatic carbocycles. The van der Waals surface area contributed by atoms with Crippen molar-refractivity contribution in [2.75, 3.05) is 19.6 Å². The van der Waals surface area contributed by atoms with Crippen molar-refractivity contribution in [3.63, 3.8) is 0 Å². The summed E-state index contributed by atoms with van der Waals surface area (Å²) in [5.74, 6) is 1.16. The fourth-order valence-corrected chi connectivity index (χ4v) is 2.71. The first-order valence-electron chi connectivity index (χ1n) is 8.13. The Hall–Kier alpha value is -1.39. The lowest BCUT2D eigenvalue weighted by molar-refractivity contribution is 0.284. The van der Waals surface area contributed by atoms with Crippen molar-refractivity contribution in [1.82, 2.24) is 14.5 Å². The molecular formula is C17H28N4. The van der Waals surface area contributed by atoms with E-state index in [1.165, 1.54) is 11.1 Å². The number of imidazole rings is 1. The second-order valence-corrected chi connectivity index (χ2v) is 5.46. The summed E-state index contributed by atoms with van der Waals surface area (Å²) in [6, 6.07) is 6.65. The van der Waals surface area contributed by atoms with Gasteiger partial charge in [-0.05, 0) is 50.2 Å². The largest absolute Gasteiger partial charge is 0.330 e. The van der Waals surface area contributed by atoms with Gasteiger partial charge in [-0.3, -0.25) is 4.90 Å². The minimum Gasteiger partial charge on any atom is -0.330 e. The Bertz CT molecular complexity index is 569. The Morgan fingerprint density at radius 1 is 1.19 bits per heavy atom. The number of hydrogen-bond donors (Lipinski definition) is 1. The number of hydrogen-bond acceptors (Lipinski definition) is 3. The van der Waals surface area contributed by atoms with E-state index in [4.69, 9.17) is 10.7 Å². The third-order valence-electron chi connectivity index (χ3n) is 4.15. The number of aromatic nitrogens is 2. The molecule has 0 atom stereocenters. The molecule has 0 spiro atoms. The Kier molecular flexibility index (Phi) is 5.76. The highest BCUT2D eigenvalue weighted by atomic mass is 15.2. The molecule has 0 fully saturated rings. The summed E-state index contributed by atoms with van der Waals surface area (Å²) in [7, 11) is 0. The van der Waals surface area contributed by atoms with Crippen LogP contribution in [-0.4, -0.2) is 34.1 Å². The molecule has 0 aliphatic heterocycles. The van der Waals surface area contributed by atoms with Crippen LogP contribution in [0.4, 0.5) is 0 Å². The molecule has 4 nitrogen and oxygen atoms in total. The van der Waals surface area contributed by atoms with Crippen LogP contribution in [-0.2, 0) is 19.5 Å². The Morgan fingerprint density at radius 2 is 1.95 bits per heavy atom. The van der Waals surface area contributed by atoms with Gasteiger partial charge in [0.15, 0.2) is 0 Å². The maximum atomic E-state index is 5.69. The third kappa shape index (κ3) is 3.63. The summed E-state index contributed by atoms with van der Waals surface area (Å²) >= 11 is 0. The minimum atomic E-state index is 0.720. The van der Waals surface area contributed by atoms with Gasteiger partial charge in [-0.2, -0.15) is 0 Å². The van der Waals surface area contributed by atoms with E-state index in [0.29, 0.717) is 0 Å². The summed E-state index contributed by atoms with van der Waals surface area (Å²) in [6.45, 7) is 11.3. The second kappa shape index (κ2) is 7.57. The monoisotopic (exact) mass is 288 g/mol. The van der Waals surface area contributed by atoms with Gasteiger partial charge >= 0.3 is 0 Å². The lowest BCUT2D eigenvalue weighted by atomic mass is 10.1. The second-order valence-electron chi connectivity index (χ2n) is 5.46. The van der Waals surface area contributed by atoms with Crippen LogP contribution in [0.25, 0.3) is 11.0 Å². The van der Waals surface area contributed by atoms with Gasteiger partial charge in [-0.25, -0.2) is 4.98 Å². The molecule has 0 amide bonds. The van der Waals surface area contributed by atoms with Crippen molar-refractivity contribution in [2.45, 2.75) is 46.7 Å². The quantitative estimate of drug-likeness (QED) is 0.812. The van der Waals surface area contributed by atoms with Crippen molar-refractivity contribution in [1.29, 1.82) is 0 Å². The summed E-state index contributed by atoms with van der Waals surface area (Å²) in [4.78, 5) is 7.29. The van der Waals surface area contributed by atoms with Gasteiger partial charge in [0.05, 0.1) is 17.6 Å². The zero-order valence-electron chi connectivity index (χ0n) is 13.6. The fraction of sp³-hybridized carbons (Fsp3) is 0.588. The van der Waals surface area contributed by atoms with E-state index in [9.17, 15) is 0 Å². The molecule has 2 N–H and O–H groups in total. The molecule has 1 heterocycles. The molecule has 2 aromatic rings. The predicted molar refractivity (Wildman–Crippen MR) is 89.4 cm³/mol. The number of fused-ring (bicyclic) bond motifs is 1. The van der Waals surface area contributed by atoms with Gasteiger partial charge in [0.2, 0.25) is 0 Å². The molecule has 21 heavy (non-hydrogen) atoms. The Morgan fingerprint density at radius 3 is 2.57 bits per heavy atom. The van der Waals surface area contributed by atoms with E-state index in [-0.39, 0.29) is 0 Å². The Balaban J connectivity index is 2.40. The van der Waals surface area contributed by atoms with Crippen LogP contribution in [0.1, 0.15) is 38.6 Å². The van der Waals surface area contributed by atoms with E-state index in [2.05, 4.69) is 48.4 Å².